The molecule has 4 heteroatoms. The largest absolute Gasteiger partial charge is 0.299 e. The van der Waals surface area contributed by atoms with E-state index in [4.69, 9.17) is 0 Å². The first-order chi connectivity index (χ1) is 14.2. The Hall–Kier alpha value is -2.12. The Bertz CT molecular complexity index is 815. The van der Waals surface area contributed by atoms with Gasteiger partial charge in [-0.05, 0) is 67.3 Å². The first-order valence-electron chi connectivity index (χ1n) is 11.5. The maximum absolute atomic E-state index is 9.45. The van der Waals surface area contributed by atoms with Crippen molar-refractivity contribution in [2.24, 2.45) is 17.8 Å². The summed E-state index contributed by atoms with van der Waals surface area (Å²) in [6.45, 7) is 18.8. The van der Waals surface area contributed by atoms with Crippen LogP contribution < -0.4 is 0 Å². The monoisotopic (exact) mass is 408 g/mol. The Balaban J connectivity index is 0.000000735. The number of nitriles is 1. The molecule has 0 saturated carbocycles. The molecule has 4 nitrogen and oxygen atoms in total. The quantitative estimate of drug-likeness (QED) is 0.575. The summed E-state index contributed by atoms with van der Waals surface area (Å²) in [6, 6.07) is 8.33. The molecule has 1 aromatic carbocycles. The van der Waals surface area contributed by atoms with Crippen molar-refractivity contribution in [2.75, 3.05) is 13.1 Å². The molecule has 0 spiro atoms. The fourth-order valence-electron chi connectivity index (χ4n) is 3.80. The fraction of sp³-hybridized carbons (Fsp3) is 0.615. The van der Waals surface area contributed by atoms with Crippen LogP contribution in [0.2, 0.25) is 0 Å². The Morgan fingerprint density at radius 1 is 1.07 bits per heavy atom. The van der Waals surface area contributed by atoms with Crippen LogP contribution in [0.25, 0.3) is 5.69 Å². The van der Waals surface area contributed by atoms with Crippen LogP contribution in [0.3, 0.4) is 0 Å². The van der Waals surface area contributed by atoms with Gasteiger partial charge in [0.1, 0.15) is 6.07 Å². The van der Waals surface area contributed by atoms with E-state index in [1.807, 2.05) is 23.0 Å². The molecule has 0 aliphatic carbocycles. The Morgan fingerprint density at radius 2 is 1.70 bits per heavy atom. The van der Waals surface area contributed by atoms with Crippen molar-refractivity contribution in [3.05, 3.63) is 47.3 Å². The second kappa shape index (κ2) is 11.3. The third-order valence-corrected chi connectivity index (χ3v) is 5.67. The molecule has 1 aromatic heterocycles. The number of rotatable bonds is 5. The van der Waals surface area contributed by atoms with Crippen molar-refractivity contribution in [3.63, 3.8) is 0 Å². The van der Waals surface area contributed by atoms with Gasteiger partial charge in [-0.15, -0.1) is 0 Å². The van der Waals surface area contributed by atoms with Crippen molar-refractivity contribution in [1.29, 1.82) is 5.26 Å². The highest BCUT2D eigenvalue weighted by molar-refractivity contribution is 5.51. The van der Waals surface area contributed by atoms with Crippen LogP contribution in [-0.2, 0) is 6.54 Å². The summed E-state index contributed by atoms with van der Waals surface area (Å²) in [7, 11) is 0. The number of nitrogens with zero attached hydrogens (tertiary/aromatic N) is 4. The van der Waals surface area contributed by atoms with E-state index in [9.17, 15) is 5.26 Å². The van der Waals surface area contributed by atoms with Gasteiger partial charge in [0, 0.05) is 18.3 Å². The lowest BCUT2D eigenvalue weighted by Gasteiger charge is -2.33. The van der Waals surface area contributed by atoms with Gasteiger partial charge >= 0.3 is 0 Å². The molecular formula is C26H40N4. The van der Waals surface area contributed by atoms with Gasteiger partial charge in [-0.2, -0.15) is 10.4 Å². The molecule has 0 unspecified atom stereocenters. The zero-order chi connectivity index (χ0) is 22.3. The highest BCUT2D eigenvalue weighted by atomic mass is 15.3. The lowest BCUT2D eigenvalue weighted by atomic mass is 9.87. The Morgan fingerprint density at radius 3 is 2.23 bits per heavy atom. The van der Waals surface area contributed by atoms with Gasteiger partial charge in [0.15, 0.2) is 0 Å². The Labute approximate surface area is 183 Å². The van der Waals surface area contributed by atoms with E-state index >= 15 is 0 Å². The van der Waals surface area contributed by atoms with E-state index in [0.717, 1.165) is 30.0 Å². The third kappa shape index (κ3) is 6.99. The molecule has 1 fully saturated rings. The van der Waals surface area contributed by atoms with Gasteiger partial charge in [0.05, 0.1) is 17.4 Å². The number of likely N-dealkylation sites (tertiary alicyclic amines) is 1. The zero-order valence-corrected chi connectivity index (χ0v) is 20.0. The second-order valence-corrected chi connectivity index (χ2v) is 9.93. The highest BCUT2D eigenvalue weighted by Gasteiger charge is 2.22. The molecule has 164 valence electrons. The average molecular weight is 409 g/mol. The van der Waals surface area contributed by atoms with Gasteiger partial charge in [-0.1, -0.05) is 54.5 Å². The second-order valence-electron chi connectivity index (χ2n) is 9.93. The van der Waals surface area contributed by atoms with Crippen molar-refractivity contribution in [3.8, 4) is 11.8 Å². The van der Waals surface area contributed by atoms with Gasteiger partial charge in [-0.25, -0.2) is 4.68 Å². The average Bonchev–Trinajstić information content (AvgIpc) is 3.15. The topological polar surface area (TPSA) is 44.9 Å². The number of hydrogen-bond acceptors (Lipinski definition) is 3. The molecule has 1 aliphatic heterocycles. The molecule has 30 heavy (non-hydrogen) atoms. The van der Waals surface area contributed by atoms with Crippen LogP contribution in [-0.4, -0.2) is 27.8 Å². The van der Waals surface area contributed by atoms with Crippen LogP contribution >= 0.6 is 0 Å². The van der Waals surface area contributed by atoms with Gasteiger partial charge in [0.25, 0.3) is 0 Å². The lowest BCUT2D eigenvalue weighted by molar-refractivity contribution is 0.152. The predicted molar refractivity (Wildman–Crippen MR) is 126 cm³/mol. The van der Waals surface area contributed by atoms with Crippen molar-refractivity contribution >= 4 is 0 Å². The van der Waals surface area contributed by atoms with E-state index < -0.39 is 0 Å². The maximum Gasteiger partial charge on any atom is 0.101 e. The molecule has 2 heterocycles. The molecule has 0 radical (unpaired) electrons. The molecule has 1 saturated heterocycles. The van der Waals surface area contributed by atoms with Gasteiger partial charge < -0.3 is 0 Å². The van der Waals surface area contributed by atoms with E-state index in [2.05, 4.69) is 76.8 Å². The highest BCUT2D eigenvalue weighted by Crippen LogP contribution is 2.26. The smallest absolute Gasteiger partial charge is 0.101 e. The zero-order valence-electron chi connectivity index (χ0n) is 20.0. The molecular weight excluding hydrogens is 368 g/mol. The summed E-state index contributed by atoms with van der Waals surface area (Å²) in [4.78, 5) is 2.52. The minimum atomic E-state index is 0.429. The molecule has 1 aliphatic rings. The van der Waals surface area contributed by atoms with Gasteiger partial charge in [0.2, 0.25) is 0 Å². The van der Waals surface area contributed by atoms with Crippen LogP contribution in [0.4, 0.5) is 0 Å². The molecule has 0 atom stereocenters. The van der Waals surface area contributed by atoms with E-state index in [1.54, 1.807) is 0 Å². The summed E-state index contributed by atoms with van der Waals surface area (Å²) in [6.07, 6.45) is 6.61. The minimum absolute atomic E-state index is 0.429. The summed E-state index contributed by atoms with van der Waals surface area (Å²) in [5, 5.41) is 14.0. The lowest BCUT2D eigenvalue weighted by Crippen LogP contribution is -2.34. The molecule has 0 bridgehead atoms. The first kappa shape index (κ1) is 24.2. The van der Waals surface area contributed by atoms with E-state index in [0.29, 0.717) is 11.5 Å². The number of hydrogen-bond donors (Lipinski definition) is 0. The van der Waals surface area contributed by atoms with E-state index in [-0.39, 0.29) is 0 Å². The first-order valence-corrected chi connectivity index (χ1v) is 11.5. The van der Waals surface area contributed by atoms with Crippen molar-refractivity contribution in [1.82, 2.24) is 14.7 Å². The predicted octanol–water partition coefficient (Wildman–Crippen LogP) is 6.40. The van der Waals surface area contributed by atoms with Crippen LogP contribution in [0, 0.1) is 29.1 Å². The summed E-state index contributed by atoms with van der Waals surface area (Å²) in [5.74, 6) is 2.92. The van der Waals surface area contributed by atoms with Crippen molar-refractivity contribution in [2.45, 2.75) is 73.8 Å². The molecule has 2 aromatic rings. The van der Waals surface area contributed by atoms with Crippen LogP contribution in [0.1, 0.15) is 83.9 Å². The van der Waals surface area contributed by atoms with Crippen LogP contribution in [0.5, 0.6) is 0 Å². The Kier molecular flexibility index (Phi) is 9.11. The standard InChI is InChI=1S/C22H30N4.C4H10/c1-16(2)19-7-9-25(10-8-19)14-18-13-24-26(15-18)22-11-20(17(3)4)5-6-21(22)12-23;1-4(2)3/h5-6,11,13,15-17,19H,7-10,14H2,1-4H3;4H,1-3H3. The maximum atomic E-state index is 9.45. The minimum Gasteiger partial charge on any atom is -0.299 e. The summed E-state index contributed by atoms with van der Waals surface area (Å²) >= 11 is 0. The van der Waals surface area contributed by atoms with Crippen molar-refractivity contribution < 1.29 is 0 Å². The molecule has 3 rings (SSSR count). The normalized spacial score (nSPS) is 15.4. The fourth-order valence-corrected chi connectivity index (χ4v) is 3.80. The third-order valence-electron chi connectivity index (χ3n) is 5.67. The number of benzene rings is 1. The molecule has 0 amide bonds. The summed E-state index contributed by atoms with van der Waals surface area (Å²) < 4.78 is 1.86. The van der Waals surface area contributed by atoms with Crippen LogP contribution in [0.15, 0.2) is 30.6 Å². The SMILES string of the molecule is CC(C)C.CC(C)c1ccc(C#N)c(-n2cc(CN3CCC(C(C)C)CC3)cn2)c1. The van der Waals surface area contributed by atoms with E-state index in [1.165, 1.54) is 37.1 Å². The van der Waals surface area contributed by atoms with Gasteiger partial charge in [-0.3, -0.25) is 4.90 Å². The number of aromatic nitrogens is 2. The number of piperidine rings is 1. The summed E-state index contributed by atoms with van der Waals surface area (Å²) in [5.41, 5.74) is 3.99. The molecule has 0 N–H and O–H groups in total.